The first-order valence-electron chi connectivity index (χ1n) is 6.32. The van der Waals surface area contributed by atoms with Crippen molar-refractivity contribution in [1.82, 2.24) is 4.98 Å². The van der Waals surface area contributed by atoms with Crippen molar-refractivity contribution in [2.45, 2.75) is 33.7 Å². The summed E-state index contributed by atoms with van der Waals surface area (Å²) < 4.78 is 0. The minimum Gasteiger partial charge on any atom is -0.377 e. The average Bonchev–Trinajstić information content (AvgIpc) is 2.35. The number of rotatable bonds is 3. The van der Waals surface area contributed by atoms with Crippen LogP contribution in [0.25, 0.3) is 0 Å². The van der Waals surface area contributed by atoms with Crippen molar-refractivity contribution in [3.05, 3.63) is 58.9 Å². The molecule has 2 rings (SSSR count). The standard InChI is InChI=1S/C16H20N2/c1-11-5-6-12(2)16(9-11)14(4)18-15-8-7-13(3)17-10-15/h5-10,14,18H,1-4H3. The summed E-state index contributed by atoms with van der Waals surface area (Å²) in [6, 6.07) is 11.0. The monoisotopic (exact) mass is 240 g/mol. The molecule has 0 saturated carbocycles. The number of nitrogens with zero attached hydrogens (tertiary/aromatic N) is 1. The highest BCUT2D eigenvalue weighted by Gasteiger charge is 2.08. The van der Waals surface area contributed by atoms with E-state index in [9.17, 15) is 0 Å². The van der Waals surface area contributed by atoms with Crippen molar-refractivity contribution in [2.75, 3.05) is 5.32 Å². The lowest BCUT2D eigenvalue weighted by Crippen LogP contribution is -2.08. The van der Waals surface area contributed by atoms with Gasteiger partial charge in [0, 0.05) is 11.7 Å². The van der Waals surface area contributed by atoms with E-state index < -0.39 is 0 Å². The van der Waals surface area contributed by atoms with Crippen LogP contribution >= 0.6 is 0 Å². The van der Waals surface area contributed by atoms with E-state index in [1.165, 1.54) is 16.7 Å². The second kappa shape index (κ2) is 5.21. The zero-order valence-electron chi connectivity index (χ0n) is 11.5. The summed E-state index contributed by atoms with van der Waals surface area (Å²) in [7, 11) is 0. The quantitative estimate of drug-likeness (QED) is 0.870. The van der Waals surface area contributed by atoms with E-state index >= 15 is 0 Å². The van der Waals surface area contributed by atoms with E-state index in [0.29, 0.717) is 0 Å². The fourth-order valence-corrected chi connectivity index (χ4v) is 2.11. The summed E-state index contributed by atoms with van der Waals surface area (Å²) in [5, 5.41) is 3.49. The topological polar surface area (TPSA) is 24.9 Å². The summed E-state index contributed by atoms with van der Waals surface area (Å²) >= 11 is 0. The summed E-state index contributed by atoms with van der Waals surface area (Å²) in [4.78, 5) is 4.30. The second-order valence-corrected chi connectivity index (χ2v) is 4.91. The van der Waals surface area contributed by atoms with Crippen LogP contribution in [0.1, 0.15) is 35.3 Å². The van der Waals surface area contributed by atoms with E-state index in [1.807, 2.05) is 19.2 Å². The van der Waals surface area contributed by atoms with Gasteiger partial charge in [-0.2, -0.15) is 0 Å². The lowest BCUT2D eigenvalue weighted by Gasteiger charge is -2.18. The number of benzene rings is 1. The summed E-state index contributed by atoms with van der Waals surface area (Å²) in [6.07, 6.45) is 1.89. The second-order valence-electron chi connectivity index (χ2n) is 4.91. The van der Waals surface area contributed by atoms with Gasteiger partial charge in [-0.1, -0.05) is 23.8 Å². The van der Waals surface area contributed by atoms with Gasteiger partial charge in [0.25, 0.3) is 0 Å². The molecule has 0 saturated heterocycles. The van der Waals surface area contributed by atoms with Gasteiger partial charge in [0.05, 0.1) is 11.9 Å². The van der Waals surface area contributed by atoms with Crippen LogP contribution in [-0.2, 0) is 0 Å². The zero-order chi connectivity index (χ0) is 13.1. The number of hydrogen-bond donors (Lipinski definition) is 1. The van der Waals surface area contributed by atoms with Crippen molar-refractivity contribution in [3.63, 3.8) is 0 Å². The molecule has 0 radical (unpaired) electrons. The lowest BCUT2D eigenvalue weighted by molar-refractivity contribution is 0.870. The van der Waals surface area contributed by atoms with E-state index in [0.717, 1.165) is 11.4 Å². The molecule has 1 N–H and O–H groups in total. The molecule has 1 aromatic heterocycles. The molecule has 2 aromatic rings. The number of aryl methyl sites for hydroxylation is 3. The van der Waals surface area contributed by atoms with Gasteiger partial charge < -0.3 is 5.32 Å². The highest BCUT2D eigenvalue weighted by atomic mass is 14.9. The van der Waals surface area contributed by atoms with Gasteiger partial charge in [-0.15, -0.1) is 0 Å². The third kappa shape index (κ3) is 2.89. The molecular weight excluding hydrogens is 220 g/mol. The lowest BCUT2D eigenvalue weighted by atomic mass is 10.00. The van der Waals surface area contributed by atoms with Crippen molar-refractivity contribution < 1.29 is 0 Å². The van der Waals surface area contributed by atoms with Crippen LogP contribution in [0.4, 0.5) is 5.69 Å². The number of hydrogen-bond acceptors (Lipinski definition) is 2. The molecule has 1 unspecified atom stereocenters. The summed E-state index contributed by atoms with van der Waals surface area (Å²) in [5.41, 5.74) is 6.07. The maximum atomic E-state index is 4.30. The molecule has 0 bridgehead atoms. The molecule has 0 aliphatic carbocycles. The Labute approximate surface area is 109 Å². The first kappa shape index (κ1) is 12.6. The number of anilines is 1. The highest BCUT2D eigenvalue weighted by Crippen LogP contribution is 2.22. The van der Waals surface area contributed by atoms with Crippen LogP contribution in [-0.4, -0.2) is 4.98 Å². The molecule has 0 aliphatic rings. The third-order valence-corrected chi connectivity index (χ3v) is 3.20. The van der Waals surface area contributed by atoms with Crippen molar-refractivity contribution in [1.29, 1.82) is 0 Å². The minimum absolute atomic E-state index is 0.286. The smallest absolute Gasteiger partial charge is 0.0531 e. The molecule has 1 aromatic carbocycles. The van der Waals surface area contributed by atoms with E-state index in [2.05, 4.69) is 55.3 Å². The SMILES string of the molecule is Cc1ccc(C)c(C(C)Nc2ccc(C)nc2)c1. The van der Waals surface area contributed by atoms with Gasteiger partial charge in [0.15, 0.2) is 0 Å². The average molecular weight is 240 g/mol. The Bertz CT molecular complexity index is 529. The molecule has 0 amide bonds. The van der Waals surface area contributed by atoms with Crippen LogP contribution in [0.5, 0.6) is 0 Å². The Morgan fingerprint density at radius 1 is 1.06 bits per heavy atom. The number of nitrogens with one attached hydrogen (secondary N) is 1. The Morgan fingerprint density at radius 2 is 1.83 bits per heavy atom. The van der Waals surface area contributed by atoms with Gasteiger partial charge >= 0.3 is 0 Å². The van der Waals surface area contributed by atoms with E-state index in [1.54, 1.807) is 0 Å². The van der Waals surface area contributed by atoms with Gasteiger partial charge in [-0.3, -0.25) is 4.98 Å². The van der Waals surface area contributed by atoms with Gasteiger partial charge in [-0.25, -0.2) is 0 Å². The maximum absolute atomic E-state index is 4.30. The Kier molecular flexibility index (Phi) is 3.66. The maximum Gasteiger partial charge on any atom is 0.0531 e. The highest BCUT2D eigenvalue weighted by molar-refractivity contribution is 5.45. The van der Waals surface area contributed by atoms with Gasteiger partial charge in [-0.05, 0) is 51.0 Å². The van der Waals surface area contributed by atoms with Crippen molar-refractivity contribution >= 4 is 5.69 Å². The molecule has 1 atom stereocenters. The molecule has 2 nitrogen and oxygen atoms in total. The largest absolute Gasteiger partial charge is 0.377 e. The summed E-state index contributed by atoms with van der Waals surface area (Å²) in [5.74, 6) is 0. The zero-order valence-corrected chi connectivity index (χ0v) is 11.5. The molecule has 18 heavy (non-hydrogen) atoms. The predicted molar refractivity (Wildman–Crippen MR) is 76.9 cm³/mol. The fourth-order valence-electron chi connectivity index (χ4n) is 2.11. The van der Waals surface area contributed by atoms with E-state index in [4.69, 9.17) is 0 Å². The molecule has 0 fully saturated rings. The minimum atomic E-state index is 0.286. The predicted octanol–water partition coefficient (Wildman–Crippen LogP) is 4.18. The third-order valence-electron chi connectivity index (χ3n) is 3.20. The van der Waals surface area contributed by atoms with Crippen LogP contribution in [0.15, 0.2) is 36.5 Å². The van der Waals surface area contributed by atoms with Crippen LogP contribution in [0, 0.1) is 20.8 Å². The van der Waals surface area contributed by atoms with Crippen molar-refractivity contribution in [3.8, 4) is 0 Å². The Hall–Kier alpha value is -1.83. The van der Waals surface area contributed by atoms with Gasteiger partial charge in [0.2, 0.25) is 0 Å². The molecule has 0 spiro atoms. The number of aromatic nitrogens is 1. The molecule has 0 aliphatic heterocycles. The fraction of sp³-hybridized carbons (Fsp3) is 0.312. The summed E-state index contributed by atoms with van der Waals surface area (Å²) in [6.45, 7) is 8.46. The van der Waals surface area contributed by atoms with Crippen molar-refractivity contribution in [2.24, 2.45) is 0 Å². The van der Waals surface area contributed by atoms with Crippen LogP contribution in [0.2, 0.25) is 0 Å². The van der Waals surface area contributed by atoms with Gasteiger partial charge in [0.1, 0.15) is 0 Å². The Balaban J connectivity index is 2.18. The first-order chi connectivity index (χ1) is 8.56. The number of pyridine rings is 1. The molecule has 94 valence electrons. The Morgan fingerprint density at radius 3 is 2.50 bits per heavy atom. The molecular formula is C16H20N2. The normalized spacial score (nSPS) is 12.2. The first-order valence-corrected chi connectivity index (χ1v) is 6.32. The van der Waals surface area contributed by atoms with Crippen LogP contribution < -0.4 is 5.32 Å². The molecule has 1 heterocycles. The van der Waals surface area contributed by atoms with E-state index in [-0.39, 0.29) is 6.04 Å². The molecule has 2 heteroatoms. The van der Waals surface area contributed by atoms with Crippen LogP contribution in [0.3, 0.4) is 0 Å².